The predicted octanol–water partition coefficient (Wildman–Crippen LogP) is 4.97. The lowest BCUT2D eigenvalue weighted by atomic mass is 9.95. The Bertz CT molecular complexity index is 1000. The molecular formula is C23H25BrN4O2. The highest BCUT2D eigenvalue weighted by Crippen LogP contribution is 2.25. The van der Waals surface area contributed by atoms with E-state index >= 15 is 0 Å². The summed E-state index contributed by atoms with van der Waals surface area (Å²) in [4.78, 5) is 19.5. The molecule has 0 atom stereocenters. The molecule has 1 N–H and O–H groups in total. The Labute approximate surface area is 184 Å². The molecule has 0 unspecified atom stereocenters. The van der Waals surface area contributed by atoms with Crippen LogP contribution >= 0.6 is 15.9 Å². The molecule has 1 aliphatic rings. The minimum absolute atomic E-state index is 0.0290. The van der Waals surface area contributed by atoms with E-state index < -0.39 is 0 Å². The molecule has 6 nitrogen and oxygen atoms in total. The van der Waals surface area contributed by atoms with E-state index in [4.69, 9.17) is 4.52 Å². The third kappa shape index (κ3) is 4.79. The normalized spacial score (nSPS) is 15.3. The van der Waals surface area contributed by atoms with Crippen LogP contribution in [-0.2, 0) is 11.3 Å². The summed E-state index contributed by atoms with van der Waals surface area (Å²) in [5.74, 6) is 1.34. The number of nitrogens with one attached hydrogen (secondary N) is 1. The number of hydrogen-bond donors (Lipinski definition) is 1. The van der Waals surface area contributed by atoms with E-state index in [1.165, 1.54) is 0 Å². The van der Waals surface area contributed by atoms with Crippen LogP contribution in [0.4, 0.5) is 5.69 Å². The number of rotatable bonds is 5. The monoisotopic (exact) mass is 468 g/mol. The van der Waals surface area contributed by atoms with Crippen molar-refractivity contribution in [1.82, 2.24) is 15.0 Å². The molecule has 3 aromatic rings. The topological polar surface area (TPSA) is 71.3 Å². The van der Waals surface area contributed by atoms with Gasteiger partial charge < -0.3 is 9.84 Å². The van der Waals surface area contributed by atoms with Crippen molar-refractivity contribution in [2.75, 3.05) is 18.4 Å². The molecular weight excluding hydrogens is 444 g/mol. The highest BCUT2D eigenvalue weighted by atomic mass is 79.9. The van der Waals surface area contributed by atoms with Gasteiger partial charge in [0.25, 0.3) is 0 Å². The van der Waals surface area contributed by atoms with Gasteiger partial charge in [-0.1, -0.05) is 39.3 Å². The predicted molar refractivity (Wildman–Crippen MR) is 120 cm³/mol. The van der Waals surface area contributed by atoms with Gasteiger partial charge in [-0.15, -0.1) is 0 Å². The zero-order valence-electron chi connectivity index (χ0n) is 17.2. The maximum absolute atomic E-state index is 12.7. The standard InChI is InChI=1S/C23H25BrN4O2/c1-15-4-3-5-16(2)21(15)26-23(29)18-10-12-28(13-11-18)14-20-25-22(27-30-20)17-6-8-19(24)9-7-17/h3-9,18H,10-14H2,1-2H3,(H,26,29). The molecule has 156 valence electrons. The van der Waals surface area contributed by atoms with E-state index in [0.29, 0.717) is 18.3 Å². The van der Waals surface area contributed by atoms with Crippen LogP contribution in [0.2, 0.25) is 0 Å². The van der Waals surface area contributed by atoms with Crippen LogP contribution in [0.3, 0.4) is 0 Å². The lowest BCUT2D eigenvalue weighted by molar-refractivity contribution is -0.121. The second-order valence-corrected chi connectivity index (χ2v) is 8.74. The molecule has 1 aliphatic heterocycles. The van der Waals surface area contributed by atoms with Crippen LogP contribution < -0.4 is 5.32 Å². The van der Waals surface area contributed by atoms with Gasteiger partial charge >= 0.3 is 0 Å². The maximum Gasteiger partial charge on any atom is 0.241 e. The number of halogens is 1. The van der Waals surface area contributed by atoms with Crippen LogP contribution in [0.25, 0.3) is 11.4 Å². The van der Waals surface area contributed by atoms with E-state index in [1.807, 2.05) is 56.3 Å². The summed E-state index contributed by atoms with van der Waals surface area (Å²) in [7, 11) is 0. The number of nitrogens with zero attached hydrogens (tertiary/aromatic N) is 3. The fraction of sp³-hybridized carbons (Fsp3) is 0.348. The van der Waals surface area contributed by atoms with Crippen molar-refractivity contribution >= 4 is 27.5 Å². The third-order valence-corrected chi connectivity index (χ3v) is 6.15. The average molecular weight is 469 g/mol. The largest absolute Gasteiger partial charge is 0.338 e. The van der Waals surface area contributed by atoms with Gasteiger partial charge in [-0.2, -0.15) is 4.98 Å². The van der Waals surface area contributed by atoms with Crippen molar-refractivity contribution < 1.29 is 9.32 Å². The van der Waals surface area contributed by atoms with Crippen LogP contribution in [0.15, 0.2) is 51.5 Å². The van der Waals surface area contributed by atoms with Gasteiger partial charge in [0.15, 0.2) is 0 Å². The smallest absolute Gasteiger partial charge is 0.241 e. The fourth-order valence-electron chi connectivity index (χ4n) is 3.82. The van der Waals surface area contributed by atoms with Crippen molar-refractivity contribution in [1.29, 1.82) is 0 Å². The number of anilines is 1. The van der Waals surface area contributed by atoms with Crippen LogP contribution in [0, 0.1) is 19.8 Å². The first kappa shape index (κ1) is 20.8. The molecule has 2 aromatic carbocycles. The van der Waals surface area contributed by atoms with Gasteiger partial charge in [0.1, 0.15) is 0 Å². The molecule has 0 aliphatic carbocycles. The Kier molecular flexibility index (Phi) is 6.29. The highest BCUT2D eigenvalue weighted by molar-refractivity contribution is 9.10. The molecule has 2 heterocycles. The number of carbonyl (C=O) groups excluding carboxylic acids is 1. The number of para-hydroxylation sites is 1. The highest BCUT2D eigenvalue weighted by Gasteiger charge is 2.26. The Balaban J connectivity index is 1.31. The van der Waals surface area contributed by atoms with Crippen molar-refractivity contribution in [2.24, 2.45) is 5.92 Å². The SMILES string of the molecule is Cc1cccc(C)c1NC(=O)C1CCN(Cc2nc(-c3ccc(Br)cc3)no2)CC1. The quantitative estimate of drug-likeness (QED) is 0.572. The molecule has 4 rings (SSSR count). The Morgan fingerprint density at radius 1 is 1.13 bits per heavy atom. The number of aryl methyl sites for hydroxylation is 2. The van der Waals surface area contributed by atoms with E-state index in [1.54, 1.807) is 0 Å². The first-order valence-corrected chi connectivity index (χ1v) is 11.0. The first-order valence-electron chi connectivity index (χ1n) is 10.2. The fourth-order valence-corrected chi connectivity index (χ4v) is 4.08. The van der Waals surface area contributed by atoms with Crippen LogP contribution in [-0.4, -0.2) is 34.0 Å². The lowest BCUT2D eigenvalue weighted by Crippen LogP contribution is -2.38. The molecule has 0 bridgehead atoms. The molecule has 1 amide bonds. The van der Waals surface area contributed by atoms with Gasteiger partial charge in [-0.25, -0.2) is 0 Å². The van der Waals surface area contributed by atoms with Crippen molar-refractivity contribution in [3.63, 3.8) is 0 Å². The van der Waals surface area contributed by atoms with E-state index in [9.17, 15) is 4.79 Å². The summed E-state index contributed by atoms with van der Waals surface area (Å²) < 4.78 is 6.45. The summed E-state index contributed by atoms with van der Waals surface area (Å²) in [6.07, 6.45) is 1.65. The number of hydrogen-bond acceptors (Lipinski definition) is 5. The summed E-state index contributed by atoms with van der Waals surface area (Å²) in [6.45, 7) is 6.33. The Hall–Kier alpha value is -2.51. The van der Waals surface area contributed by atoms with Gasteiger partial charge in [-0.3, -0.25) is 9.69 Å². The van der Waals surface area contributed by atoms with Crippen molar-refractivity contribution in [3.05, 3.63) is 64.0 Å². The molecule has 1 aromatic heterocycles. The number of amides is 1. The first-order chi connectivity index (χ1) is 14.5. The van der Waals surface area contributed by atoms with E-state index in [2.05, 4.69) is 36.3 Å². The zero-order valence-corrected chi connectivity index (χ0v) is 18.8. The number of likely N-dealkylation sites (tertiary alicyclic amines) is 1. The molecule has 0 spiro atoms. The summed E-state index contributed by atoms with van der Waals surface area (Å²) in [5, 5.41) is 7.23. The third-order valence-electron chi connectivity index (χ3n) is 5.62. The van der Waals surface area contributed by atoms with Gasteiger partial charge in [0, 0.05) is 21.6 Å². The summed E-state index contributed by atoms with van der Waals surface area (Å²) in [6, 6.07) is 13.9. The molecule has 7 heteroatoms. The number of piperidine rings is 1. The summed E-state index contributed by atoms with van der Waals surface area (Å²) >= 11 is 3.43. The van der Waals surface area contributed by atoms with Gasteiger partial charge in [0.2, 0.25) is 17.6 Å². The molecule has 0 radical (unpaired) electrons. The Morgan fingerprint density at radius 3 is 2.47 bits per heavy atom. The van der Waals surface area contributed by atoms with Gasteiger partial charge in [-0.05, 0) is 75.2 Å². The lowest BCUT2D eigenvalue weighted by Gasteiger charge is -2.30. The second kappa shape index (κ2) is 9.10. The maximum atomic E-state index is 12.7. The summed E-state index contributed by atoms with van der Waals surface area (Å²) in [5.41, 5.74) is 4.06. The van der Waals surface area contributed by atoms with E-state index in [0.717, 1.165) is 52.8 Å². The van der Waals surface area contributed by atoms with Crippen molar-refractivity contribution in [2.45, 2.75) is 33.2 Å². The van der Waals surface area contributed by atoms with Crippen LogP contribution in [0.1, 0.15) is 29.9 Å². The van der Waals surface area contributed by atoms with Gasteiger partial charge in [0.05, 0.1) is 6.54 Å². The minimum Gasteiger partial charge on any atom is -0.338 e. The molecule has 0 saturated carbocycles. The average Bonchev–Trinajstić information content (AvgIpc) is 3.20. The molecule has 1 fully saturated rings. The van der Waals surface area contributed by atoms with Crippen LogP contribution in [0.5, 0.6) is 0 Å². The number of benzene rings is 2. The van der Waals surface area contributed by atoms with E-state index in [-0.39, 0.29) is 11.8 Å². The number of aromatic nitrogens is 2. The Morgan fingerprint density at radius 2 is 1.80 bits per heavy atom. The molecule has 1 saturated heterocycles. The zero-order chi connectivity index (χ0) is 21.1. The molecule has 30 heavy (non-hydrogen) atoms. The minimum atomic E-state index is 0.0290. The number of carbonyl (C=O) groups is 1. The second-order valence-electron chi connectivity index (χ2n) is 7.83. The van der Waals surface area contributed by atoms with Crippen molar-refractivity contribution in [3.8, 4) is 11.4 Å².